The molecule has 1 atom stereocenters. The van der Waals surface area contributed by atoms with E-state index in [-0.39, 0.29) is 9.04 Å². The molecule has 1 unspecified atom stereocenters. The molecule has 17 heavy (non-hydrogen) atoms. The minimum atomic E-state index is -0.553. The quantitative estimate of drug-likeness (QED) is 0.404. The second-order valence-electron chi connectivity index (χ2n) is 5.59. The van der Waals surface area contributed by atoms with Crippen molar-refractivity contribution < 1.29 is 4.80 Å². The van der Waals surface area contributed by atoms with Gasteiger partial charge in [-0.2, -0.15) is 0 Å². The number of unbranched alkanes of at least 4 members (excludes halogenated alkanes) is 9. The molecule has 0 amide bonds. The Kier molecular flexibility index (Phi) is 14.8. The first kappa shape index (κ1) is 17.4. The van der Waals surface area contributed by atoms with Crippen LogP contribution in [-0.4, -0.2) is 23.1 Å². The Balaban J connectivity index is 2.98. The minimum absolute atomic E-state index is 0.0154. The van der Waals surface area contributed by atoms with E-state index in [1.54, 1.807) is 0 Å². The lowest BCUT2D eigenvalue weighted by Crippen LogP contribution is -2.08. The van der Waals surface area contributed by atoms with Gasteiger partial charge in [0.15, 0.2) is 0 Å². The van der Waals surface area contributed by atoms with E-state index in [1.807, 2.05) is 0 Å². The van der Waals surface area contributed by atoms with Crippen LogP contribution in [0.5, 0.6) is 0 Å². The fourth-order valence-corrected chi connectivity index (χ4v) is 5.55. The van der Waals surface area contributed by atoms with Crippen molar-refractivity contribution in [3.05, 3.63) is 0 Å². The number of hydrogen-bond acceptors (Lipinski definition) is 1. The van der Waals surface area contributed by atoms with Crippen molar-refractivity contribution in [1.29, 1.82) is 0 Å². The summed E-state index contributed by atoms with van der Waals surface area (Å²) in [6, 6.07) is 0. The van der Waals surface area contributed by atoms with Crippen molar-refractivity contribution in [2.75, 3.05) is 0 Å². The summed E-state index contributed by atoms with van der Waals surface area (Å²) in [5, 5.41) is 0. The lowest BCUT2D eigenvalue weighted by molar-refractivity contribution is 0.547. The molecule has 0 aliphatic rings. The first-order valence-corrected chi connectivity index (χ1v) is 13.4. The Hall–Kier alpha value is 0.394. The molecule has 3 heteroatoms. The molecule has 0 aromatic heterocycles. The monoisotopic (exact) mass is 274 g/mol. The average Bonchev–Trinajstić information content (AvgIpc) is 2.32. The molecule has 0 bridgehead atoms. The van der Waals surface area contributed by atoms with Crippen LogP contribution in [-0.2, 0) is 0 Å². The lowest BCUT2D eigenvalue weighted by Gasteiger charge is -2.07. The summed E-state index contributed by atoms with van der Waals surface area (Å²) in [6.07, 6.45) is 15.7. The van der Waals surface area contributed by atoms with Crippen LogP contribution in [0.4, 0.5) is 0 Å². The highest BCUT2D eigenvalue weighted by molar-refractivity contribution is 6.97. The van der Waals surface area contributed by atoms with Gasteiger partial charge in [-0.3, -0.25) is 0 Å². The molecular formula is C14H34OSi2. The van der Waals surface area contributed by atoms with E-state index < -0.39 is 9.28 Å². The molecule has 0 aromatic carbocycles. The predicted molar refractivity (Wildman–Crippen MR) is 85.2 cm³/mol. The minimum Gasteiger partial charge on any atom is -0.442 e. The van der Waals surface area contributed by atoms with Gasteiger partial charge in [-0.25, -0.2) is 0 Å². The van der Waals surface area contributed by atoms with Crippen molar-refractivity contribution in [3.63, 3.8) is 0 Å². The first-order valence-electron chi connectivity index (χ1n) is 7.92. The molecule has 0 aliphatic carbocycles. The van der Waals surface area contributed by atoms with E-state index in [4.69, 9.17) is 4.80 Å². The third kappa shape index (κ3) is 14.3. The van der Waals surface area contributed by atoms with Gasteiger partial charge in [0.05, 0.1) is 0 Å². The van der Waals surface area contributed by atoms with Crippen LogP contribution >= 0.6 is 0 Å². The average molecular weight is 275 g/mol. The summed E-state index contributed by atoms with van der Waals surface area (Å²) >= 11 is 0. The van der Waals surface area contributed by atoms with Crippen molar-refractivity contribution in [3.8, 4) is 0 Å². The Bertz CT molecular complexity index is 142. The van der Waals surface area contributed by atoms with Gasteiger partial charge in [0.2, 0.25) is 0 Å². The van der Waals surface area contributed by atoms with E-state index in [1.165, 1.54) is 70.6 Å². The van der Waals surface area contributed by atoms with E-state index in [2.05, 4.69) is 13.8 Å². The molecule has 0 aliphatic heterocycles. The molecular weight excluding hydrogens is 240 g/mol. The van der Waals surface area contributed by atoms with Crippen LogP contribution in [0.25, 0.3) is 0 Å². The zero-order valence-corrected chi connectivity index (χ0v) is 15.0. The van der Waals surface area contributed by atoms with Crippen LogP contribution in [0.15, 0.2) is 0 Å². The van der Waals surface area contributed by atoms with E-state index in [0.717, 1.165) is 5.54 Å². The van der Waals surface area contributed by atoms with E-state index in [0.29, 0.717) is 0 Å². The van der Waals surface area contributed by atoms with Gasteiger partial charge in [0.25, 0.3) is 0 Å². The lowest BCUT2D eigenvalue weighted by atomic mass is 10.1. The third-order valence-electron chi connectivity index (χ3n) is 3.67. The Morgan fingerprint density at radius 1 is 0.824 bits per heavy atom. The SMILES string of the molecule is CCCCCCCCCCCCC(C)[SiH2][SiH2]O. The molecule has 0 radical (unpaired) electrons. The zero-order chi connectivity index (χ0) is 12.8. The molecule has 0 saturated carbocycles. The molecule has 1 nitrogen and oxygen atoms in total. The topological polar surface area (TPSA) is 20.2 Å². The second kappa shape index (κ2) is 14.5. The summed E-state index contributed by atoms with van der Waals surface area (Å²) in [4.78, 5) is 9.00. The Labute approximate surface area is 113 Å². The molecule has 104 valence electrons. The van der Waals surface area contributed by atoms with Gasteiger partial charge in [-0.15, -0.1) is 0 Å². The normalized spacial score (nSPS) is 14.3. The molecule has 0 spiro atoms. The van der Waals surface area contributed by atoms with Crippen LogP contribution in [0.1, 0.15) is 84.5 Å². The van der Waals surface area contributed by atoms with E-state index in [9.17, 15) is 0 Å². The number of hydrogen-bond donors (Lipinski definition) is 1. The predicted octanol–water partition coefficient (Wildman–Crippen LogP) is 3.27. The highest BCUT2D eigenvalue weighted by atomic mass is 29.2. The summed E-state index contributed by atoms with van der Waals surface area (Å²) in [5.41, 5.74) is 0.917. The fraction of sp³-hybridized carbons (Fsp3) is 1.00. The smallest absolute Gasteiger partial charge is 0.139 e. The summed E-state index contributed by atoms with van der Waals surface area (Å²) < 4.78 is 0. The Morgan fingerprint density at radius 3 is 1.76 bits per heavy atom. The highest BCUT2D eigenvalue weighted by Crippen LogP contribution is 2.15. The van der Waals surface area contributed by atoms with Crippen LogP contribution in [0, 0.1) is 0 Å². The third-order valence-corrected chi connectivity index (χ3v) is 9.06. The van der Waals surface area contributed by atoms with Crippen molar-refractivity contribution in [2.45, 2.75) is 90.0 Å². The standard InChI is InChI=1S/C14H34OSi2/c1-3-4-5-6-7-8-9-10-11-12-13-14(2)16-17-15/h14-15H,3-13,16-17H2,1-2H3. The summed E-state index contributed by atoms with van der Waals surface area (Å²) in [6.45, 7) is 4.63. The molecule has 0 fully saturated rings. The number of rotatable bonds is 13. The zero-order valence-electron chi connectivity index (χ0n) is 12.2. The van der Waals surface area contributed by atoms with Crippen molar-refractivity contribution >= 4 is 18.3 Å². The fourth-order valence-electron chi connectivity index (χ4n) is 2.34. The first-order chi connectivity index (χ1) is 8.31. The largest absolute Gasteiger partial charge is 0.442 e. The van der Waals surface area contributed by atoms with Gasteiger partial charge >= 0.3 is 0 Å². The molecule has 0 heterocycles. The maximum atomic E-state index is 9.00. The van der Waals surface area contributed by atoms with Crippen molar-refractivity contribution in [1.82, 2.24) is 0 Å². The van der Waals surface area contributed by atoms with E-state index >= 15 is 0 Å². The summed E-state index contributed by atoms with van der Waals surface area (Å²) in [7, 11) is -0.568. The van der Waals surface area contributed by atoms with Gasteiger partial charge in [-0.05, 0) is 0 Å². The van der Waals surface area contributed by atoms with Crippen molar-refractivity contribution in [2.24, 2.45) is 0 Å². The molecule has 0 aromatic rings. The van der Waals surface area contributed by atoms with Crippen LogP contribution in [0.2, 0.25) is 5.54 Å². The molecule has 0 saturated heterocycles. The van der Waals surface area contributed by atoms with Crippen LogP contribution in [0.3, 0.4) is 0 Å². The summed E-state index contributed by atoms with van der Waals surface area (Å²) in [5.74, 6) is 0. The maximum absolute atomic E-state index is 9.00. The molecule has 0 rings (SSSR count). The second-order valence-corrected chi connectivity index (χ2v) is 11.1. The van der Waals surface area contributed by atoms with Gasteiger partial charge < -0.3 is 4.80 Å². The van der Waals surface area contributed by atoms with Crippen LogP contribution < -0.4 is 0 Å². The van der Waals surface area contributed by atoms with Gasteiger partial charge in [-0.1, -0.05) is 90.0 Å². The Morgan fingerprint density at radius 2 is 1.29 bits per heavy atom. The highest BCUT2D eigenvalue weighted by Gasteiger charge is 2.01. The maximum Gasteiger partial charge on any atom is 0.139 e. The van der Waals surface area contributed by atoms with Gasteiger partial charge in [0, 0.05) is 9.04 Å². The van der Waals surface area contributed by atoms with Gasteiger partial charge in [0.1, 0.15) is 9.28 Å². The molecule has 1 N–H and O–H groups in total.